The third-order valence-corrected chi connectivity index (χ3v) is 4.15. The number of hydrogen-bond acceptors (Lipinski definition) is 5. The summed E-state index contributed by atoms with van der Waals surface area (Å²) in [7, 11) is 0. The van der Waals surface area contributed by atoms with Gasteiger partial charge in [-0.05, 0) is 29.8 Å². The van der Waals surface area contributed by atoms with E-state index in [1.807, 2.05) is 4.90 Å². The van der Waals surface area contributed by atoms with Gasteiger partial charge in [-0.1, -0.05) is 12.1 Å². The van der Waals surface area contributed by atoms with E-state index < -0.39 is 4.92 Å². The third kappa shape index (κ3) is 4.21. The lowest BCUT2D eigenvalue weighted by atomic mass is 10.2. The molecule has 1 aromatic heterocycles. The predicted molar refractivity (Wildman–Crippen MR) is 95.1 cm³/mol. The average molecular weight is 356 g/mol. The lowest BCUT2D eigenvalue weighted by molar-refractivity contribution is -0.385. The van der Waals surface area contributed by atoms with Crippen LogP contribution >= 0.6 is 0 Å². The van der Waals surface area contributed by atoms with Crippen LogP contribution in [-0.4, -0.2) is 46.9 Å². The van der Waals surface area contributed by atoms with Crippen LogP contribution in [-0.2, 0) is 4.79 Å². The fraction of sp³-hybridized carbons (Fsp3) is 0.222. The lowest BCUT2D eigenvalue weighted by Gasteiger charge is -2.34. The molecule has 0 unspecified atom stereocenters. The SMILES string of the molecule is O=C(/C=C/c1ccc(F)cc1)N1CCN(c2ccc([N+](=O)[O-])cn2)CC1. The summed E-state index contributed by atoms with van der Waals surface area (Å²) in [6, 6.07) is 8.95. The number of benzene rings is 1. The van der Waals surface area contributed by atoms with Gasteiger partial charge in [-0.2, -0.15) is 0 Å². The van der Waals surface area contributed by atoms with Crippen molar-refractivity contribution >= 4 is 23.5 Å². The summed E-state index contributed by atoms with van der Waals surface area (Å²) >= 11 is 0. The number of nitro groups is 1. The molecule has 7 nitrogen and oxygen atoms in total. The van der Waals surface area contributed by atoms with E-state index >= 15 is 0 Å². The summed E-state index contributed by atoms with van der Waals surface area (Å²) < 4.78 is 12.9. The van der Waals surface area contributed by atoms with Gasteiger partial charge in [0.25, 0.3) is 5.69 Å². The van der Waals surface area contributed by atoms with Crippen LogP contribution in [0.5, 0.6) is 0 Å². The summed E-state index contributed by atoms with van der Waals surface area (Å²) in [5.41, 5.74) is 0.710. The highest BCUT2D eigenvalue weighted by atomic mass is 19.1. The van der Waals surface area contributed by atoms with Crippen LogP contribution in [0.25, 0.3) is 6.08 Å². The van der Waals surface area contributed by atoms with E-state index in [2.05, 4.69) is 4.98 Å². The molecule has 2 aromatic rings. The van der Waals surface area contributed by atoms with Crippen LogP contribution in [0, 0.1) is 15.9 Å². The zero-order valence-electron chi connectivity index (χ0n) is 13.9. The molecule has 134 valence electrons. The minimum Gasteiger partial charge on any atom is -0.353 e. The maximum Gasteiger partial charge on any atom is 0.287 e. The summed E-state index contributed by atoms with van der Waals surface area (Å²) in [5.74, 6) is 0.236. The Morgan fingerprint density at radius 2 is 1.81 bits per heavy atom. The highest BCUT2D eigenvalue weighted by Crippen LogP contribution is 2.17. The third-order valence-electron chi connectivity index (χ3n) is 4.15. The number of aromatic nitrogens is 1. The minimum atomic E-state index is -0.485. The Hall–Kier alpha value is -3.29. The molecule has 1 aliphatic heterocycles. The summed E-state index contributed by atoms with van der Waals surface area (Å²) in [4.78, 5) is 30.3. The summed E-state index contributed by atoms with van der Waals surface area (Å²) in [5, 5.41) is 10.7. The van der Waals surface area contributed by atoms with Gasteiger partial charge in [0, 0.05) is 38.3 Å². The Balaban J connectivity index is 1.55. The van der Waals surface area contributed by atoms with Crippen LogP contribution in [0.15, 0.2) is 48.7 Å². The average Bonchev–Trinajstić information content (AvgIpc) is 2.67. The second kappa shape index (κ2) is 7.73. The molecule has 1 aliphatic rings. The second-order valence-corrected chi connectivity index (χ2v) is 5.83. The largest absolute Gasteiger partial charge is 0.353 e. The zero-order chi connectivity index (χ0) is 18.5. The van der Waals surface area contributed by atoms with Gasteiger partial charge in [0.05, 0.1) is 4.92 Å². The van der Waals surface area contributed by atoms with Crippen molar-refractivity contribution < 1.29 is 14.1 Å². The lowest BCUT2D eigenvalue weighted by Crippen LogP contribution is -2.48. The van der Waals surface area contributed by atoms with E-state index in [4.69, 9.17) is 0 Å². The van der Waals surface area contributed by atoms with Gasteiger partial charge in [0.2, 0.25) is 5.91 Å². The van der Waals surface area contributed by atoms with Gasteiger partial charge in [-0.25, -0.2) is 9.37 Å². The van der Waals surface area contributed by atoms with Crippen molar-refractivity contribution in [2.45, 2.75) is 0 Å². The van der Waals surface area contributed by atoms with Gasteiger partial charge >= 0.3 is 0 Å². The van der Waals surface area contributed by atoms with E-state index in [0.717, 1.165) is 5.56 Å². The van der Waals surface area contributed by atoms with Gasteiger partial charge in [0.1, 0.15) is 17.8 Å². The molecule has 2 heterocycles. The molecule has 1 fully saturated rings. The molecule has 0 bridgehead atoms. The topological polar surface area (TPSA) is 79.6 Å². The molecule has 0 saturated carbocycles. The minimum absolute atomic E-state index is 0.0477. The number of nitrogens with zero attached hydrogens (tertiary/aromatic N) is 4. The molecule has 0 N–H and O–H groups in total. The summed E-state index contributed by atoms with van der Waals surface area (Å²) in [6.07, 6.45) is 4.37. The molecule has 3 rings (SSSR count). The number of carbonyl (C=O) groups is 1. The van der Waals surface area contributed by atoms with E-state index in [1.54, 1.807) is 29.2 Å². The van der Waals surface area contributed by atoms with Crippen LogP contribution in [0.2, 0.25) is 0 Å². The standard InChI is InChI=1S/C18H17FN4O3/c19-15-4-1-14(2-5-15)3-8-18(24)22-11-9-21(10-12-22)17-7-6-16(13-20-17)23(25)26/h1-8,13H,9-12H2/b8-3+. The molecule has 0 aliphatic carbocycles. The molecule has 1 saturated heterocycles. The molecular formula is C18H17FN4O3. The molecule has 0 atom stereocenters. The Kier molecular flexibility index (Phi) is 5.21. The van der Waals surface area contributed by atoms with Gasteiger partial charge in [0.15, 0.2) is 0 Å². The van der Waals surface area contributed by atoms with Crippen molar-refractivity contribution in [1.29, 1.82) is 0 Å². The van der Waals surface area contributed by atoms with Crippen molar-refractivity contribution in [3.8, 4) is 0 Å². The fourth-order valence-corrected chi connectivity index (χ4v) is 2.68. The van der Waals surface area contributed by atoms with Crippen LogP contribution < -0.4 is 4.90 Å². The van der Waals surface area contributed by atoms with Crippen molar-refractivity contribution in [3.63, 3.8) is 0 Å². The normalized spacial score (nSPS) is 14.7. The number of carbonyl (C=O) groups excluding carboxylic acids is 1. The monoisotopic (exact) mass is 356 g/mol. The first-order valence-corrected chi connectivity index (χ1v) is 8.11. The molecule has 8 heteroatoms. The summed E-state index contributed by atoms with van der Waals surface area (Å²) in [6.45, 7) is 2.26. The highest BCUT2D eigenvalue weighted by molar-refractivity contribution is 5.91. The second-order valence-electron chi connectivity index (χ2n) is 5.83. The quantitative estimate of drug-likeness (QED) is 0.478. The number of anilines is 1. The maximum atomic E-state index is 12.9. The number of piperazine rings is 1. The van der Waals surface area contributed by atoms with Crippen LogP contribution in [0.4, 0.5) is 15.9 Å². The predicted octanol–water partition coefficient (Wildman–Crippen LogP) is 2.49. The molecule has 1 amide bonds. The number of pyridine rings is 1. The molecule has 0 spiro atoms. The molecule has 26 heavy (non-hydrogen) atoms. The van der Waals surface area contributed by atoms with Crippen molar-refractivity contribution in [1.82, 2.24) is 9.88 Å². The highest BCUT2D eigenvalue weighted by Gasteiger charge is 2.21. The van der Waals surface area contributed by atoms with Crippen molar-refractivity contribution in [3.05, 3.63) is 70.2 Å². The number of amides is 1. The maximum absolute atomic E-state index is 12.9. The van der Waals surface area contributed by atoms with E-state index in [1.165, 1.54) is 30.5 Å². The number of halogens is 1. The van der Waals surface area contributed by atoms with E-state index in [9.17, 15) is 19.3 Å². The number of rotatable bonds is 4. The Labute approximate surface area is 149 Å². The fourth-order valence-electron chi connectivity index (χ4n) is 2.68. The zero-order valence-corrected chi connectivity index (χ0v) is 13.9. The Morgan fingerprint density at radius 3 is 2.38 bits per heavy atom. The molecule has 1 aromatic carbocycles. The van der Waals surface area contributed by atoms with Crippen molar-refractivity contribution in [2.75, 3.05) is 31.1 Å². The molecular weight excluding hydrogens is 339 g/mol. The Bertz CT molecular complexity index is 813. The smallest absolute Gasteiger partial charge is 0.287 e. The molecule has 0 radical (unpaired) electrons. The van der Waals surface area contributed by atoms with Gasteiger partial charge in [-0.15, -0.1) is 0 Å². The number of hydrogen-bond donors (Lipinski definition) is 0. The first-order chi connectivity index (χ1) is 12.5. The van der Waals surface area contributed by atoms with E-state index in [-0.39, 0.29) is 17.4 Å². The van der Waals surface area contributed by atoms with Crippen LogP contribution in [0.3, 0.4) is 0 Å². The first kappa shape index (κ1) is 17.5. The van der Waals surface area contributed by atoms with Crippen LogP contribution in [0.1, 0.15) is 5.56 Å². The van der Waals surface area contributed by atoms with E-state index in [0.29, 0.717) is 32.0 Å². The van der Waals surface area contributed by atoms with Gasteiger partial charge < -0.3 is 9.80 Å². The Morgan fingerprint density at radius 1 is 1.12 bits per heavy atom. The van der Waals surface area contributed by atoms with Gasteiger partial charge in [-0.3, -0.25) is 14.9 Å². The van der Waals surface area contributed by atoms with Crippen molar-refractivity contribution in [2.24, 2.45) is 0 Å². The first-order valence-electron chi connectivity index (χ1n) is 8.11.